The van der Waals surface area contributed by atoms with Crippen LogP contribution in [0.1, 0.15) is 25.8 Å². The third-order valence-corrected chi connectivity index (χ3v) is 2.94. The summed E-state index contributed by atoms with van der Waals surface area (Å²) in [6, 6.07) is 4.18. The van der Waals surface area contributed by atoms with Gasteiger partial charge in [-0.15, -0.1) is 0 Å². The van der Waals surface area contributed by atoms with Gasteiger partial charge < -0.3 is 14.6 Å². The molecule has 6 heteroatoms. The van der Waals surface area contributed by atoms with Crippen molar-refractivity contribution in [3.63, 3.8) is 0 Å². The van der Waals surface area contributed by atoms with Crippen LogP contribution in [0.2, 0.25) is 0 Å². The third kappa shape index (κ3) is 4.50. The van der Waals surface area contributed by atoms with Crippen molar-refractivity contribution in [1.82, 2.24) is 0 Å². The third-order valence-electron chi connectivity index (χ3n) is 2.94. The van der Waals surface area contributed by atoms with Crippen LogP contribution in [0.3, 0.4) is 0 Å². The highest BCUT2D eigenvalue weighted by molar-refractivity contribution is 5.43. The molecule has 106 valence electrons. The van der Waals surface area contributed by atoms with E-state index >= 15 is 0 Å². The zero-order valence-electron chi connectivity index (χ0n) is 11.4. The molecule has 19 heavy (non-hydrogen) atoms. The van der Waals surface area contributed by atoms with E-state index in [2.05, 4.69) is 0 Å². The van der Waals surface area contributed by atoms with E-state index in [0.29, 0.717) is 24.3 Å². The molecule has 0 aliphatic heterocycles. The fourth-order valence-electron chi connectivity index (χ4n) is 1.45. The van der Waals surface area contributed by atoms with Crippen molar-refractivity contribution in [1.29, 1.82) is 0 Å². The number of rotatable bonds is 7. The number of nitro groups is 1. The van der Waals surface area contributed by atoms with Crippen LogP contribution in [-0.2, 0) is 11.3 Å². The Hall–Kier alpha value is -1.66. The SMILES string of the molecule is COC(C)(C)CCOc1ccc([N+](=O)[O-])cc1CO. The lowest BCUT2D eigenvalue weighted by Gasteiger charge is -2.22. The van der Waals surface area contributed by atoms with Gasteiger partial charge in [0.05, 0.1) is 23.7 Å². The van der Waals surface area contributed by atoms with Gasteiger partial charge in [-0.25, -0.2) is 0 Å². The van der Waals surface area contributed by atoms with Gasteiger partial charge in [0.15, 0.2) is 0 Å². The fourth-order valence-corrected chi connectivity index (χ4v) is 1.45. The van der Waals surface area contributed by atoms with Gasteiger partial charge in [-0.05, 0) is 19.9 Å². The minimum Gasteiger partial charge on any atom is -0.493 e. The highest BCUT2D eigenvalue weighted by Crippen LogP contribution is 2.25. The van der Waals surface area contributed by atoms with E-state index < -0.39 is 4.92 Å². The number of hydrogen-bond donors (Lipinski definition) is 1. The summed E-state index contributed by atoms with van der Waals surface area (Å²) in [6.45, 7) is 3.99. The number of aliphatic hydroxyl groups is 1. The van der Waals surface area contributed by atoms with Crippen LogP contribution in [0, 0.1) is 10.1 Å². The van der Waals surface area contributed by atoms with E-state index in [1.807, 2.05) is 13.8 Å². The maximum Gasteiger partial charge on any atom is 0.270 e. The Balaban J connectivity index is 2.71. The Kier molecular flexibility index (Phi) is 5.26. The summed E-state index contributed by atoms with van der Waals surface area (Å²) >= 11 is 0. The predicted molar refractivity (Wildman–Crippen MR) is 70.2 cm³/mol. The van der Waals surface area contributed by atoms with Crippen LogP contribution in [-0.4, -0.2) is 29.3 Å². The number of ether oxygens (including phenoxy) is 2. The summed E-state index contributed by atoms with van der Waals surface area (Å²) in [7, 11) is 1.63. The molecule has 0 aromatic heterocycles. The molecular formula is C13H19NO5. The van der Waals surface area contributed by atoms with Crippen molar-refractivity contribution in [2.24, 2.45) is 0 Å². The molecule has 1 rings (SSSR count). The van der Waals surface area contributed by atoms with Gasteiger partial charge in [0.2, 0.25) is 0 Å². The van der Waals surface area contributed by atoms with Crippen LogP contribution in [0.4, 0.5) is 5.69 Å². The number of methoxy groups -OCH3 is 1. The van der Waals surface area contributed by atoms with Crippen LogP contribution < -0.4 is 4.74 Å². The molecule has 0 saturated heterocycles. The summed E-state index contributed by atoms with van der Waals surface area (Å²) in [4.78, 5) is 10.1. The fraction of sp³-hybridized carbons (Fsp3) is 0.538. The largest absolute Gasteiger partial charge is 0.493 e. The molecule has 1 aromatic carbocycles. The average molecular weight is 269 g/mol. The molecule has 0 radical (unpaired) electrons. The molecule has 0 fully saturated rings. The molecular weight excluding hydrogens is 250 g/mol. The van der Waals surface area contributed by atoms with Crippen molar-refractivity contribution in [2.45, 2.75) is 32.5 Å². The number of non-ortho nitro benzene ring substituents is 1. The van der Waals surface area contributed by atoms with Crippen molar-refractivity contribution in [2.75, 3.05) is 13.7 Å². The lowest BCUT2D eigenvalue weighted by atomic mass is 10.1. The van der Waals surface area contributed by atoms with Crippen LogP contribution in [0.15, 0.2) is 18.2 Å². The Morgan fingerprint density at radius 3 is 2.63 bits per heavy atom. The van der Waals surface area contributed by atoms with E-state index in [0.717, 1.165) is 0 Å². The van der Waals surface area contributed by atoms with E-state index in [1.54, 1.807) is 7.11 Å². The highest BCUT2D eigenvalue weighted by atomic mass is 16.6. The number of benzene rings is 1. The Labute approximate surface area is 112 Å². The first-order valence-electron chi connectivity index (χ1n) is 5.96. The van der Waals surface area contributed by atoms with Crippen LogP contribution in [0.5, 0.6) is 5.75 Å². The van der Waals surface area contributed by atoms with Gasteiger partial charge in [0, 0.05) is 31.2 Å². The predicted octanol–water partition coefficient (Wildman–Crippen LogP) is 2.28. The number of nitro benzene ring substituents is 1. The zero-order valence-corrected chi connectivity index (χ0v) is 11.4. The van der Waals surface area contributed by atoms with Gasteiger partial charge >= 0.3 is 0 Å². The smallest absolute Gasteiger partial charge is 0.270 e. The lowest BCUT2D eigenvalue weighted by Crippen LogP contribution is -2.25. The quantitative estimate of drug-likeness (QED) is 0.606. The Bertz CT molecular complexity index is 445. The van der Waals surface area contributed by atoms with Gasteiger partial charge in [0.25, 0.3) is 5.69 Å². The molecule has 0 aliphatic rings. The van der Waals surface area contributed by atoms with Crippen molar-refractivity contribution in [3.8, 4) is 5.75 Å². The molecule has 1 aromatic rings. The molecule has 0 aliphatic carbocycles. The van der Waals surface area contributed by atoms with Crippen molar-refractivity contribution < 1.29 is 19.5 Å². The normalized spacial score (nSPS) is 11.4. The zero-order chi connectivity index (χ0) is 14.5. The molecule has 0 atom stereocenters. The molecule has 6 nitrogen and oxygen atoms in total. The number of nitrogens with zero attached hydrogens (tertiary/aromatic N) is 1. The lowest BCUT2D eigenvalue weighted by molar-refractivity contribution is -0.385. The standard InChI is InChI=1S/C13H19NO5/c1-13(2,18-3)6-7-19-12-5-4-11(14(16)17)8-10(12)9-15/h4-5,8,15H,6-7,9H2,1-3H3. The summed E-state index contributed by atoms with van der Waals surface area (Å²) in [6.07, 6.45) is 0.672. The monoisotopic (exact) mass is 269 g/mol. The summed E-state index contributed by atoms with van der Waals surface area (Å²) in [5.74, 6) is 0.458. The summed E-state index contributed by atoms with van der Waals surface area (Å²) in [5.41, 5.74) is 0.0539. The van der Waals surface area contributed by atoms with Gasteiger partial charge in [0.1, 0.15) is 5.75 Å². The number of aliphatic hydroxyl groups excluding tert-OH is 1. The molecule has 0 bridgehead atoms. The van der Waals surface area contributed by atoms with E-state index in [4.69, 9.17) is 9.47 Å². The van der Waals surface area contributed by atoms with Gasteiger partial charge in [-0.1, -0.05) is 0 Å². The van der Waals surface area contributed by atoms with Crippen LogP contribution >= 0.6 is 0 Å². The minimum absolute atomic E-state index is 0.0615. The van der Waals surface area contributed by atoms with Gasteiger partial charge in [-0.3, -0.25) is 10.1 Å². The average Bonchev–Trinajstić information content (AvgIpc) is 2.38. The topological polar surface area (TPSA) is 81.8 Å². The molecule has 0 saturated carbocycles. The van der Waals surface area contributed by atoms with E-state index in [9.17, 15) is 15.2 Å². The first-order chi connectivity index (χ1) is 8.89. The summed E-state index contributed by atoms with van der Waals surface area (Å²) in [5, 5.41) is 19.8. The second kappa shape index (κ2) is 6.49. The maximum absolute atomic E-state index is 10.6. The Morgan fingerprint density at radius 2 is 2.11 bits per heavy atom. The van der Waals surface area contributed by atoms with E-state index in [1.165, 1.54) is 18.2 Å². The maximum atomic E-state index is 10.6. The number of hydrogen-bond acceptors (Lipinski definition) is 5. The Morgan fingerprint density at radius 1 is 1.42 bits per heavy atom. The van der Waals surface area contributed by atoms with E-state index in [-0.39, 0.29) is 17.9 Å². The molecule has 0 unspecified atom stereocenters. The second-order valence-electron chi connectivity index (χ2n) is 4.77. The first-order valence-corrected chi connectivity index (χ1v) is 5.96. The first kappa shape index (κ1) is 15.4. The summed E-state index contributed by atoms with van der Waals surface area (Å²) < 4.78 is 10.8. The van der Waals surface area contributed by atoms with Crippen LogP contribution in [0.25, 0.3) is 0 Å². The minimum atomic E-state index is -0.503. The second-order valence-corrected chi connectivity index (χ2v) is 4.77. The van der Waals surface area contributed by atoms with Gasteiger partial charge in [-0.2, -0.15) is 0 Å². The van der Waals surface area contributed by atoms with Crippen molar-refractivity contribution >= 4 is 5.69 Å². The molecule has 0 heterocycles. The molecule has 0 spiro atoms. The van der Waals surface area contributed by atoms with Crippen molar-refractivity contribution in [3.05, 3.63) is 33.9 Å². The molecule has 0 amide bonds. The molecule has 1 N–H and O–H groups in total. The highest BCUT2D eigenvalue weighted by Gasteiger charge is 2.17.